The van der Waals surface area contributed by atoms with Crippen LogP contribution in [0, 0.1) is 12.8 Å². The van der Waals surface area contributed by atoms with Gasteiger partial charge in [-0.2, -0.15) is 0 Å². The second-order valence-corrected chi connectivity index (χ2v) is 5.99. The Morgan fingerprint density at radius 2 is 2.00 bits per heavy atom. The predicted molar refractivity (Wildman–Crippen MR) is 77.3 cm³/mol. The third-order valence-corrected chi connectivity index (χ3v) is 3.69. The van der Waals surface area contributed by atoms with Crippen molar-refractivity contribution in [1.82, 2.24) is 10.3 Å². The van der Waals surface area contributed by atoms with Crippen LogP contribution < -0.4 is 10.6 Å². The molecule has 1 rings (SSSR count). The molecule has 0 saturated carbocycles. The Hall–Kier alpha value is -1.43. The molecule has 106 valence electrons. The molecule has 0 radical (unpaired) electrons. The van der Waals surface area contributed by atoms with Crippen LogP contribution in [-0.2, 0) is 16.0 Å². The molecule has 1 heterocycles. The SMILES string of the molecule is CCc1nc(NC(=O)[C@@H](NC(C)=O)C(C)C)sc1C. The molecule has 0 bridgehead atoms. The van der Waals surface area contributed by atoms with Gasteiger partial charge in [-0.1, -0.05) is 20.8 Å². The lowest BCUT2D eigenvalue weighted by Gasteiger charge is -2.20. The highest BCUT2D eigenvalue weighted by Gasteiger charge is 2.24. The third-order valence-electron chi connectivity index (χ3n) is 2.77. The lowest BCUT2D eigenvalue weighted by Crippen LogP contribution is -2.46. The van der Waals surface area contributed by atoms with E-state index in [1.54, 1.807) is 0 Å². The number of aromatic nitrogens is 1. The summed E-state index contributed by atoms with van der Waals surface area (Å²) in [4.78, 5) is 28.7. The number of carbonyl (C=O) groups excluding carboxylic acids is 2. The number of hydrogen-bond acceptors (Lipinski definition) is 4. The van der Waals surface area contributed by atoms with Gasteiger partial charge >= 0.3 is 0 Å². The van der Waals surface area contributed by atoms with Crippen molar-refractivity contribution in [3.8, 4) is 0 Å². The summed E-state index contributed by atoms with van der Waals surface area (Å²) in [7, 11) is 0. The van der Waals surface area contributed by atoms with Gasteiger partial charge in [-0.15, -0.1) is 11.3 Å². The number of anilines is 1. The molecule has 5 nitrogen and oxygen atoms in total. The summed E-state index contributed by atoms with van der Waals surface area (Å²) in [6.07, 6.45) is 0.845. The molecule has 0 aliphatic rings. The molecule has 0 unspecified atom stereocenters. The minimum absolute atomic E-state index is 0.0237. The van der Waals surface area contributed by atoms with Gasteiger partial charge in [0.1, 0.15) is 6.04 Å². The Bertz CT molecular complexity index is 468. The van der Waals surface area contributed by atoms with Crippen LogP contribution in [0.1, 0.15) is 38.3 Å². The van der Waals surface area contributed by atoms with Crippen LogP contribution in [0.25, 0.3) is 0 Å². The van der Waals surface area contributed by atoms with Gasteiger partial charge in [-0.25, -0.2) is 4.98 Å². The number of nitrogens with zero attached hydrogens (tertiary/aromatic N) is 1. The highest BCUT2D eigenvalue weighted by molar-refractivity contribution is 7.15. The standard InChI is InChI=1S/C13H21N3O2S/c1-6-10-8(4)19-13(15-10)16-12(18)11(7(2)3)14-9(5)17/h7,11H,6H2,1-5H3,(H,14,17)(H,15,16,18)/t11-/m0/s1. The summed E-state index contributed by atoms with van der Waals surface area (Å²) in [6.45, 7) is 9.21. The van der Waals surface area contributed by atoms with Crippen molar-refractivity contribution in [3.05, 3.63) is 10.6 Å². The van der Waals surface area contributed by atoms with Crippen LogP contribution in [-0.4, -0.2) is 22.8 Å². The van der Waals surface area contributed by atoms with Gasteiger partial charge in [-0.3, -0.25) is 9.59 Å². The van der Waals surface area contributed by atoms with Crippen LogP contribution in [0.4, 0.5) is 5.13 Å². The van der Waals surface area contributed by atoms with Gasteiger partial charge in [-0.05, 0) is 19.3 Å². The van der Waals surface area contributed by atoms with Gasteiger partial charge in [0.05, 0.1) is 5.69 Å². The number of hydrogen-bond donors (Lipinski definition) is 2. The molecule has 0 aromatic carbocycles. The maximum atomic E-state index is 12.1. The Morgan fingerprint density at radius 1 is 1.37 bits per heavy atom. The summed E-state index contributed by atoms with van der Waals surface area (Å²) in [5.41, 5.74) is 1.00. The molecule has 0 aliphatic heterocycles. The lowest BCUT2D eigenvalue weighted by molar-refractivity contribution is -0.126. The minimum Gasteiger partial charge on any atom is -0.344 e. The summed E-state index contributed by atoms with van der Waals surface area (Å²) in [5, 5.41) is 6.03. The van der Waals surface area contributed by atoms with E-state index < -0.39 is 6.04 Å². The Morgan fingerprint density at radius 3 is 2.42 bits per heavy atom. The molecule has 0 spiro atoms. The Balaban J connectivity index is 2.78. The number of carbonyl (C=O) groups is 2. The zero-order valence-electron chi connectivity index (χ0n) is 12.0. The zero-order valence-corrected chi connectivity index (χ0v) is 12.9. The van der Waals surface area contributed by atoms with Crippen molar-refractivity contribution in [3.63, 3.8) is 0 Å². The minimum atomic E-state index is -0.535. The maximum absolute atomic E-state index is 12.1. The molecular weight excluding hydrogens is 262 g/mol. The van der Waals surface area contributed by atoms with E-state index in [9.17, 15) is 9.59 Å². The van der Waals surface area contributed by atoms with Gasteiger partial charge < -0.3 is 10.6 Å². The molecular formula is C13H21N3O2S. The second-order valence-electron chi connectivity index (χ2n) is 4.79. The fourth-order valence-corrected chi connectivity index (χ4v) is 2.65. The molecule has 0 saturated heterocycles. The Kier molecular flexibility index (Phi) is 5.47. The number of amides is 2. The average Bonchev–Trinajstić information content (AvgIpc) is 2.65. The fraction of sp³-hybridized carbons (Fsp3) is 0.615. The maximum Gasteiger partial charge on any atom is 0.248 e. The first-order valence-electron chi connectivity index (χ1n) is 6.39. The van der Waals surface area contributed by atoms with Crippen LogP contribution in [0.2, 0.25) is 0 Å². The van der Waals surface area contributed by atoms with Crippen molar-refractivity contribution in [2.75, 3.05) is 5.32 Å². The van der Waals surface area contributed by atoms with Crippen molar-refractivity contribution in [2.24, 2.45) is 5.92 Å². The first-order chi connectivity index (χ1) is 8.85. The fourth-order valence-electron chi connectivity index (χ4n) is 1.75. The summed E-state index contributed by atoms with van der Waals surface area (Å²) in [6, 6.07) is -0.535. The summed E-state index contributed by atoms with van der Waals surface area (Å²) < 4.78 is 0. The van der Waals surface area contributed by atoms with Gasteiger partial charge in [0.25, 0.3) is 0 Å². The zero-order chi connectivity index (χ0) is 14.6. The van der Waals surface area contributed by atoms with E-state index in [0.29, 0.717) is 5.13 Å². The van der Waals surface area contributed by atoms with Gasteiger partial charge in [0.2, 0.25) is 11.8 Å². The van der Waals surface area contributed by atoms with Gasteiger partial charge in [0.15, 0.2) is 5.13 Å². The largest absolute Gasteiger partial charge is 0.344 e. The topological polar surface area (TPSA) is 71.1 Å². The summed E-state index contributed by atoms with van der Waals surface area (Å²) >= 11 is 1.46. The number of nitrogens with one attached hydrogen (secondary N) is 2. The van der Waals surface area contributed by atoms with Gasteiger partial charge in [0, 0.05) is 11.8 Å². The molecule has 0 aliphatic carbocycles. The van der Waals surface area contributed by atoms with E-state index in [1.807, 2.05) is 27.7 Å². The second kappa shape index (κ2) is 6.65. The molecule has 1 atom stereocenters. The van der Waals surface area contributed by atoms with Crippen molar-refractivity contribution in [1.29, 1.82) is 0 Å². The third kappa shape index (κ3) is 4.31. The quantitative estimate of drug-likeness (QED) is 0.869. The highest BCUT2D eigenvalue weighted by atomic mass is 32.1. The lowest BCUT2D eigenvalue weighted by atomic mass is 10.0. The molecule has 6 heteroatoms. The van der Waals surface area contributed by atoms with E-state index in [0.717, 1.165) is 17.0 Å². The normalized spacial score (nSPS) is 12.3. The van der Waals surface area contributed by atoms with E-state index in [1.165, 1.54) is 18.3 Å². The first-order valence-corrected chi connectivity index (χ1v) is 7.21. The van der Waals surface area contributed by atoms with Crippen molar-refractivity contribution < 1.29 is 9.59 Å². The van der Waals surface area contributed by atoms with Crippen LogP contribution in [0.3, 0.4) is 0 Å². The average molecular weight is 283 g/mol. The van der Waals surface area contributed by atoms with Crippen LogP contribution in [0.5, 0.6) is 0 Å². The monoisotopic (exact) mass is 283 g/mol. The number of thiazole rings is 1. The highest BCUT2D eigenvalue weighted by Crippen LogP contribution is 2.22. The molecule has 2 N–H and O–H groups in total. The van der Waals surface area contributed by atoms with E-state index in [4.69, 9.17) is 0 Å². The Labute approximate surface area is 117 Å². The predicted octanol–water partition coefficient (Wildman–Crippen LogP) is 2.11. The number of rotatable bonds is 5. The van der Waals surface area contributed by atoms with Crippen molar-refractivity contribution >= 4 is 28.3 Å². The van der Waals surface area contributed by atoms with Crippen LogP contribution >= 0.6 is 11.3 Å². The van der Waals surface area contributed by atoms with Crippen LogP contribution in [0.15, 0.2) is 0 Å². The first kappa shape index (κ1) is 15.6. The van der Waals surface area contributed by atoms with E-state index in [2.05, 4.69) is 15.6 Å². The van der Waals surface area contributed by atoms with E-state index in [-0.39, 0.29) is 17.7 Å². The number of aryl methyl sites for hydroxylation is 2. The molecule has 2 amide bonds. The molecule has 19 heavy (non-hydrogen) atoms. The molecule has 1 aromatic rings. The van der Waals surface area contributed by atoms with Crippen molar-refractivity contribution in [2.45, 2.75) is 47.1 Å². The smallest absolute Gasteiger partial charge is 0.248 e. The molecule has 1 aromatic heterocycles. The van der Waals surface area contributed by atoms with E-state index >= 15 is 0 Å². The molecule has 0 fully saturated rings. The summed E-state index contributed by atoms with van der Waals surface area (Å²) in [5.74, 6) is -0.407.